The number of nitrogens with two attached hydrogens (primary N) is 1. The first-order valence-electron chi connectivity index (χ1n) is 3.06. The SMILES string of the molecule is NC1CCc2scnc21. The third kappa shape index (κ3) is 0.686. The minimum absolute atomic E-state index is 0.228. The first-order valence-corrected chi connectivity index (χ1v) is 3.94. The van der Waals surface area contributed by atoms with Crippen LogP contribution in [-0.4, -0.2) is 4.98 Å². The lowest BCUT2D eigenvalue weighted by molar-refractivity contribution is 0.698. The molecule has 3 heteroatoms. The van der Waals surface area contributed by atoms with Gasteiger partial charge in [0, 0.05) is 10.9 Å². The highest BCUT2D eigenvalue weighted by Gasteiger charge is 2.20. The average molecular weight is 140 g/mol. The van der Waals surface area contributed by atoms with E-state index in [0.717, 1.165) is 18.5 Å². The smallest absolute Gasteiger partial charge is 0.0798 e. The Labute approximate surface area is 57.7 Å². The number of thiazole rings is 1. The number of fused-ring (bicyclic) bond motifs is 1. The maximum absolute atomic E-state index is 5.73. The summed E-state index contributed by atoms with van der Waals surface area (Å²) in [4.78, 5) is 5.56. The van der Waals surface area contributed by atoms with Crippen LogP contribution >= 0.6 is 11.3 Å². The van der Waals surface area contributed by atoms with Crippen molar-refractivity contribution >= 4 is 11.3 Å². The molecule has 0 fully saturated rings. The molecule has 1 aliphatic rings. The van der Waals surface area contributed by atoms with Crippen LogP contribution in [0.1, 0.15) is 23.0 Å². The molecule has 2 nitrogen and oxygen atoms in total. The fourth-order valence-corrected chi connectivity index (χ4v) is 2.05. The Hall–Kier alpha value is -0.410. The first-order chi connectivity index (χ1) is 4.38. The zero-order chi connectivity index (χ0) is 6.27. The van der Waals surface area contributed by atoms with Crippen molar-refractivity contribution in [1.29, 1.82) is 0 Å². The molecule has 1 heterocycles. The van der Waals surface area contributed by atoms with Crippen LogP contribution in [-0.2, 0) is 6.42 Å². The molecule has 1 aromatic rings. The Morgan fingerprint density at radius 3 is 3.44 bits per heavy atom. The molecule has 0 spiro atoms. The molecule has 1 aliphatic carbocycles. The Bertz CT molecular complexity index is 219. The van der Waals surface area contributed by atoms with Gasteiger partial charge < -0.3 is 5.73 Å². The number of hydrogen-bond acceptors (Lipinski definition) is 3. The van der Waals surface area contributed by atoms with Gasteiger partial charge in [0.1, 0.15) is 0 Å². The maximum atomic E-state index is 5.73. The number of aromatic nitrogens is 1. The van der Waals surface area contributed by atoms with Gasteiger partial charge >= 0.3 is 0 Å². The van der Waals surface area contributed by atoms with Crippen LogP contribution in [0, 0.1) is 0 Å². The van der Waals surface area contributed by atoms with Gasteiger partial charge in [-0.3, -0.25) is 0 Å². The fraction of sp³-hybridized carbons (Fsp3) is 0.500. The highest BCUT2D eigenvalue weighted by Crippen LogP contribution is 2.30. The van der Waals surface area contributed by atoms with Gasteiger partial charge in [0.15, 0.2) is 0 Å². The van der Waals surface area contributed by atoms with Gasteiger partial charge in [-0.15, -0.1) is 11.3 Å². The molecule has 48 valence electrons. The topological polar surface area (TPSA) is 38.9 Å². The zero-order valence-corrected chi connectivity index (χ0v) is 5.82. The van der Waals surface area contributed by atoms with Gasteiger partial charge in [0.25, 0.3) is 0 Å². The molecule has 0 saturated carbocycles. The van der Waals surface area contributed by atoms with Gasteiger partial charge in [-0.2, -0.15) is 0 Å². The number of nitrogens with zero attached hydrogens (tertiary/aromatic N) is 1. The van der Waals surface area contributed by atoms with E-state index in [2.05, 4.69) is 4.98 Å². The third-order valence-corrected chi connectivity index (χ3v) is 2.61. The second-order valence-corrected chi connectivity index (χ2v) is 3.25. The molecule has 0 aliphatic heterocycles. The Balaban J connectivity index is 2.49. The van der Waals surface area contributed by atoms with Crippen molar-refractivity contribution in [2.24, 2.45) is 5.73 Å². The van der Waals surface area contributed by atoms with E-state index in [1.807, 2.05) is 5.51 Å². The van der Waals surface area contributed by atoms with Crippen LogP contribution in [0.4, 0.5) is 0 Å². The average Bonchev–Trinajstić information content (AvgIpc) is 2.35. The lowest BCUT2D eigenvalue weighted by Gasteiger charge is -1.95. The first kappa shape index (κ1) is 5.38. The summed E-state index contributed by atoms with van der Waals surface area (Å²) < 4.78 is 0. The Kier molecular flexibility index (Phi) is 1.07. The van der Waals surface area contributed by atoms with Crippen molar-refractivity contribution in [3.63, 3.8) is 0 Å². The van der Waals surface area contributed by atoms with E-state index < -0.39 is 0 Å². The van der Waals surface area contributed by atoms with Crippen LogP contribution in [0.2, 0.25) is 0 Å². The molecule has 9 heavy (non-hydrogen) atoms. The van der Waals surface area contributed by atoms with E-state index in [1.165, 1.54) is 4.88 Å². The van der Waals surface area contributed by atoms with Crippen molar-refractivity contribution in [2.75, 3.05) is 0 Å². The molecular weight excluding hydrogens is 132 g/mol. The van der Waals surface area contributed by atoms with Crippen LogP contribution < -0.4 is 5.73 Å². The van der Waals surface area contributed by atoms with E-state index in [0.29, 0.717) is 0 Å². The number of hydrogen-bond donors (Lipinski definition) is 1. The summed E-state index contributed by atoms with van der Waals surface area (Å²) in [6.07, 6.45) is 2.23. The summed E-state index contributed by atoms with van der Waals surface area (Å²) in [6.45, 7) is 0. The molecule has 2 rings (SSSR count). The zero-order valence-electron chi connectivity index (χ0n) is 5.00. The molecule has 0 bridgehead atoms. The van der Waals surface area contributed by atoms with Gasteiger partial charge in [-0.1, -0.05) is 0 Å². The highest BCUT2D eigenvalue weighted by molar-refractivity contribution is 7.09. The van der Waals surface area contributed by atoms with Crippen molar-refractivity contribution < 1.29 is 0 Å². The van der Waals surface area contributed by atoms with Crippen LogP contribution in [0.5, 0.6) is 0 Å². The Morgan fingerprint density at radius 1 is 1.78 bits per heavy atom. The van der Waals surface area contributed by atoms with Gasteiger partial charge in [0.2, 0.25) is 0 Å². The molecular formula is C6H8N2S. The van der Waals surface area contributed by atoms with E-state index in [4.69, 9.17) is 5.73 Å². The highest BCUT2D eigenvalue weighted by atomic mass is 32.1. The summed E-state index contributed by atoms with van der Waals surface area (Å²) in [5, 5.41) is 0. The standard InChI is InChI=1S/C6H8N2S/c7-4-1-2-5-6(4)8-3-9-5/h3-4H,1-2,7H2. The van der Waals surface area contributed by atoms with Gasteiger partial charge in [-0.05, 0) is 12.8 Å². The van der Waals surface area contributed by atoms with Crippen LogP contribution in [0.3, 0.4) is 0 Å². The van der Waals surface area contributed by atoms with E-state index >= 15 is 0 Å². The lowest BCUT2D eigenvalue weighted by Crippen LogP contribution is -2.05. The number of aryl methyl sites for hydroxylation is 1. The summed E-state index contributed by atoms with van der Waals surface area (Å²) >= 11 is 1.72. The van der Waals surface area contributed by atoms with E-state index in [-0.39, 0.29) is 6.04 Å². The second kappa shape index (κ2) is 1.78. The minimum Gasteiger partial charge on any atom is -0.323 e. The van der Waals surface area contributed by atoms with E-state index in [9.17, 15) is 0 Å². The Morgan fingerprint density at radius 2 is 2.67 bits per heavy atom. The quantitative estimate of drug-likeness (QED) is 0.586. The molecule has 0 saturated heterocycles. The van der Waals surface area contributed by atoms with Crippen molar-refractivity contribution in [2.45, 2.75) is 18.9 Å². The van der Waals surface area contributed by atoms with Crippen molar-refractivity contribution in [3.05, 3.63) is 16.1 Å². The molecule has 0 radical (unpaired) electrons. The van der Waals surface area contributed by atoms with Crippen LogP contribution in [0.15, 0.2) is 5.51 Å². The fourth-order valence-electron chi connectivity index (χ4n) is 1.19. The predicted molar refractivity (Wildman–Crippen MR) is 37.4 cm³/mol. The summed E-state index contributed by atoms with van der Waals surface area (Å²) in [7, 11) is 0. The second-order valence-electron chi connectivity index (χ2n) is 2.31. The molecule has 1 aromatic heterocycles. The van der Waals surface area contributed by atoms with Gasteiger partial charge in [0.05, 0.1) is 11.2 Å². The minimum atomic E-state index is 0.228. The lowest BCUT2D eigenvalue weighted by atomic mass is 10.3. The molecule has 2 N–H and O–H groups in total. The third-order valence-electron chi connectivity index (χ3n) is 1.71. The molecule has 0 amide bonds. The predicted octanol–water partition coefficient (Wildman–Crippen LogP) is 1.09. The summed E-state index contributed by atoms with van der Waals surface area (Å²) in [6, 6.07) is 0.228. The van der Waals surface area contributed by atoms with E-state index in [1.54, 1.807) is 11.3 Å². The molecule has 1 atom stereocenters. The monoisotopic (exact) mass is 140 g/mol. The van der Waals surface area contributed by atoms with Crippen molar-refractivity contribution in [1.82, 2.24) is 4.98 Å². The summed E-state index contributed by atoms with van der Waals surface area (Å²) in [5.74, 6) is 0. The maximum Gasteiger partial charge on any atom is 0.0798 e. The number of rotatable bonds is 0. The van der Waals surface area contributed by atoms with Crippen LogP contribution in [0.25, 0.3) is 0 Å². The normalized spacial score (nSPS) is 24.3. The molecule has 0 aromatic carbocycles. The van der Waals surface area contributed by atoms with Crippen molar-refractivity contribution in [3.8, 4) is 0 Å². The largest absolute Gasteiger partial charge is 0.323 e. The van der Waals surface area contributed by atoms with Gasteiger partial charge in [-0.25, -0.2) is 4.98 Å². The summed E-state index contributed by atoms with van der Waals surface area (Å²) in [5.41, 5.74) is 8.75. The molecule has 1 unspecified atom stereocenters.